The minimum absolute atomic E-state index is 0.0489. The number of carbonyl (C=O) groups is 1. The Kier molecular flexibility index (Phi) is 8.99. The summed E-state index contributed by atoms with van der Waals surface area (Å²) in [5.41, 5.74) is 8.11. The Morgan fingerprint density at radius 1 is 1.36 bits per heavy atom. The molecule has 1 aromatic rings. The molecular weight excluding hydrogens is 358 g/mol. The quantitative estimate of drug-likeness (QED) is 0.214. The molecule has 0 aromatic carbocycles. The molecule has 1 fully saturated rings. The molecule has 0 aliphatic heterocycles. The minimum Gasteiger partial charge on any atom is -0.388 e. The second-order valence-electron chi connectivity index (χ2n) is 6.79. The molecule has 0 bridgehead atoms. The standard InChI is InChI=1S/C19H31N7O2/c1-22-11-17-14(12-27)18(13(9-20)10-23-7-8-28-2)26-19(25-17)24-16-6-4-3-5-15(16)21/h9-10,12,15-16,20,22-23H,3-8,11,21H2,1-2H3,(H,24,25,26)/b13-10+,20-9?. The Balaban J connectivity index is 2.38. The number of nitrogens with one attached hydrogen (secondary N) is 4. The van der Waals surface area contributed by atoms with Crippen LogP contribution in [0.5, 0.6) is 0 Å². The fraction of sp³-hybridized carbons (Fsp3) is 0.579. The fourth-order valence-corrected chi connectivity index (χ4v) is 3.25. The largest absolute Gasteiger partial charge is 0.388 e. The van der Waals surface area contributed by atoms with Crippen LogP contribution in [0.25, 0.3) is 5.57 Å². The SMILES string of the molecule is CNCc1nc(NC2CCCCC2N)nc(/C(C=N)=C/NCCOC)c1C=O. The summed E-state index contributed by atoms with van der Waals surface area (Å²) in [7, 11) is 3.41. The molecule has 1 aromatic heterocycles. The van der Waals surface area contributed by atoms with E-state index in [0.29, 0.717) is 48.2 Å². The van der Waals surface area contributed by atoms with E-state index < -0.39 is 0 Å². The predicted molar refractivity (Wildman–Crippen MR) is 111 cm³/mol. The van der Waals surface area contributed by atoms with Gasteiger partial charge in [0, 0.05) is 50.3 Å². The highest BCUT2D eigenvalue weighted by molar-refractivity contribution is 6.10. The number of nitrogens with zero attached hydrogens (tertiary/aromatic N) is 2. The zero-order chi connectivity index (χ0) is 20.4. The van der Waals surface area contributed by atoms with Crippen LogP contribution in [0.3, 0.4) is 0 Å². The summed E-state index contributed by atoms with van der Waals surface area (Å²) in [5.74, 6) is 0.429. The summed E-state index contributed by atoms with van der Waals surface area (Å²) < 4.78 is 5.01. The lowest BCUT2D eigenvalue weighted by Gasteiger charge is -2.29. The molecular formula is C19H31N7O2. The number of methoxy groups -OCH3 is 1. The van der Waals surface area contributed by atoms with Gasteiger partial charge < -0.3 is 31.8 Å². The first-order valence-corrected chi connectivity index (χ1v) is 9.60. The Hall–Kier alpha value is -2.36. The maximum atomic E-state index is 11.8. The van der Waals surface area contributed by atoms with Crippen molar-refractivity contribution in [3.8, 4) is 0 Å². The first-order chi connectivity index (χ1) is 13.6. The number of carbonyl (C=O) groups excluding carboxylic acids is 1. The van der Waals surface area contributed by atoms with Crippen molar-refractivity contribution in [3.63, 3.8) is 0 Å². The Morgan fingerprint density at radius 3 is 2.79 bits per heavy atom. The van der Waals surface area contributed by atoms with E-state index in [1.54, 1.807) is 20.4 Å². The van der Waals surface area contributed by atoms with Gasteiger partial charge in [0.25, 0.3) is 0 Å². The zero-order valence-electron chi connectivity index (χ0n) is 16.6. The van der Waals surface area contributed by atoms with Crippen LogP contribution in [0.4, 0.5) is 5.95 Å². The number of allylic oxidation sites excluding steroid dienone is 1. The first-order valence-electron chi connectivity index (χ1n) is 9.60. The summed E-state index contributed by atoms with van der Waals surface area (Å²) in [6.45, 7) is 1.53. The molecule has 1 saturated carbocycles. The van der Waals surface area contributed by atoms with Crippen molar-refractivity contribution in [2.75, 3.05) is 32.6 Å². The smallest absolute Gasteiger partial charge is 0.223 e. The van der Waals surface area contributed by atoms with E-state index >= 15 is 0 Å². The van der Waals surface area contributed by atoms with Crippen LogP contribution in [0, 0.1) is 5.41 Å². The van der Waals surface area contributed by atoms with Gasteiger partial charge in [-0.05, 0) is 19.9 Å². The van der Waals surface area contributed by atoms with Crippen LogP contribution in [-0.4, -0.2) is 61.9 Å². The molecule has 2 unspecified atom stereocenters. The van der Waals surface area contributed by atoms with Gasteiger partial charge in [-0.1, -0.05) is 12.8 Å². The number of anilines is 1. The predicted octanol–water partition coefficient (Wildman–Crippen LogP) is 0.917. The molecule has 1 heterocycles. The molecule has 9 nitrogen and oxygen atoms in total. The van der Waals surface area contributed by atoms with Crippen molar-refractivity contribution in [2.45, 2.75) is 44.3 Å². The number of ether oxygens (including phenoxy) is 1. The lowest BCUT2D eigenvalue weighted by Crippen LogP contribution is -2.43. The number of hydrogen-bond acceptors (Lipinski definition) is 9. The Morgan fingerprint density at radius 2 is 2.14 bits per heavy atom. The fourth-order valence-electron chi connectivity index (χ4n) is 3.25. The minimum atomic E-state index is 0.0489. The van der Waals surface area contributed by atoms with Crippen molar-refractivity contribution in [3.05, 3.63) is 23.2 Å². The Bertz CT molecular complexity index is 693. The van der Waals surface area contributed by atoms with Gasteiger partial charge in [0.1, 0.15) is 0 Å². The maximum Gasteiger partial charge on any atom is 0.223 e. The number of aromatic nitrogens is 2. The third-order valence-electron chi connectivity index (χ3n) is 4.76. The first kappa shape index (κ1) is 21.9. The van der Waals surface area contributed by atoms with E-state index in [1.807, 2.05) is 0 Å². The van der Waals surface area contributed by atoms with Crippen LogP contribution >= 0.6 is 0 Å². The van der Waals surface area contributed by atoms with Crippen LogP contribution in [0.15, 0.2) is 6.20 Å². The molecule has 6 N–H and O–H groups in total. The second kappa shape index (κ2) is 11.5. The molecule has 28 heavy (non-hydrogen) atoms. The summed E-state index contributed by atoms with van der Waals surface area (Å²) in [4.78, 5) is 20.9. The van der Waals surface area contributed by atoms with Crippen LogP contribution in [0.2, 0.25) is 0 Å². The molecule has 1 aliphatic carbocycles. The van der Waals surface area contributed by atoms with Gasteiger partial charge in [0.05, 0.1) is 23.6 Å². The van der Waals surface area contributed by atoms with E-state index in [4.69, 9.17) is 15.9 Å². The number of nitrogens with two attached hydrogens (primary N) is 1. The molecule has 0 spiro atoms. The molecule has 154 valence electrons. The van der Waals surface area contributed by atoms with Crippen LogP contribution < -0.4 is 21.7 Å². The van der Waals surface area contributed by atoms with Gasteiger partial charge in [-0.15, -0.1) is 0 Å². The lowest BCUT2D eigenvalue weighted by atomic mass is 9.91. The number of rotatable bonds is 11. The van der Waals surface area contributed by atoms with Crippen molar-refractivity contribution in [1.29, 1.82) is 5.41 Å². The summed E-state index contributed by atoms with van der Waals surface area (Å²) in [6, 6.07) is 0.145. The lowest BCUT2D eigenvalue weighted by molar-refractivity contribution is 0.112. The second-order valence-corrected chi connectivity index (χ2v) is 6.79. The van der Waals surface area contributed by atoms with Crippen molar-refractivity contribution >= 4 is 24.0 Å². The van der Waals surface area contributed by atoms with Gasteiger partial charge in [-0.2, -0.15) is 0 Å². The molecule has 0 saturated heterocycles. The van der Waals surface area contributed by atoms with Gasteiger partial charge in [0.15, 0.2) is 6.29 Å². The van der Waals surface area contributed by atoms with E-state index in [2.05, 4.69) is 25.9 Å². The van der Waals surface area contributed by atoms with Crippen molar-refractivity contribution in [2.24, 2.45) is 5.73 Å². The zero-order valence-corrected chi connectivity index (χ0v) is 16.6. The summed E-state index contributed by atoms with van der Waals surface area (Å²) in [5, 5.41) is 17.2. The molecule has 9 heteroatoms. The average Bonchev–Trinajstić information content (AvgIpc) is 2.70. The average molecular weight is 390 g/mol. The third kappa shape index (κ3) is 5.82. The van der Waals surface area contributed by atoms with E-state index in [9.17, 15) is 4.79 Å². The maximum absolute atomic E-state index is 11.8. The van der Waals surface area contributed by atoms with Crippen molar-refractivity contribution < 1.29 is 9.53 Å². The molecule has 2 rings (SSSR count). The van der Waals surface area contributed by atoms with E-state index in [1.165, 1.54) is 6.21 Å². The topological polar surface area (TPSA) is 138 Å². The summed E-state index contributed by atoms with van der Waals surface area (Å²) in [6.07, 6.45) is 7.76. The highest BCUT2D eigenvalue weighted by atomic mass is 16.5. The van der Waals surface area contributed by atoms with Crippen LogP contribution in [0.1, 0.15) is 47.4 Å². The normalized spacial score (nSPS) is 19.9. The van der Waals surface area contributed by atoms with Gasteiger partial charge in [0.2, 0.25) is 5.95 Å². The van der Waals surface area contributed by atoms with Crippen molar-refractivity contribution in [1.82, 2.24) is 20.6 Å². The van der Waals surface area contributed by atoms with Gasteiger partial charge in [-0.3, -0.25) is 4.79 Å². The molecule has 0 radical (unpaired) electrons. The highest BCUT2D eigenvalue weighted by Gasteiger charge is 2.24. The van der Waals surface area contributed by atoms with Crippen LogP contribution in [-0.2, 0) is 11.3 Å². The highest BCUT2D eigenvalue weighted by Crippen LogP contribution is 2.23. The monoisotopic (exact) mass is 389 g/mol. The number of hydrogen-bond donors (Lipinski definition) is 5. The molecule has 1 aliphatic rings. The third-order valence-corrected chi connectivity index (χ3v) is 4.76. The summed E-state index contributed by atoms with van der Waals surface area (Å²) >= 11 is 0. The van der Waals surface area contributed by atoms with E-state index in [-0.39, 0.29) is 12.1 Å². The van der Waals surface area contributed by atoms with Gasteiger partial charge >= 0.3 is 0 Å². The molecule has 0 amide bonds. The number of aldehydes is 1. The Labute approximate surface area is 166 Å². The molecule has 2 atom stereocenters. The van der Waals surface area contributed by atoms with E-state index in [0.717, 1.165) is 32.0 Å². The van der Waals surface area contributed by atoms with Gasteiger partial charge in [-0.25, -0.2) is 9.97 Å².